The molecule has 0 aromatic carbocycles. The number of carboxylic acid groups (broad SMARTS) is 1. The van der Waals surface area contributed by atoms with Crippen LogP contribution >= 0.6 is 0 Å². The number of carbonyl (C=O) groups is 2. The van der Waals surface area contributed by atoms with Crippen molar-refractivity contribution < 1.29 is 19.4 Å². The number of nitrogens with one attached hydrogen (secondary N) is 1. The molecule has 1 rings (SSSR count). The molecule has 1 aromatic rings. The Kier molecular flexibility index (Phi) is 5.95. The van der Waals surface area contributed by atoms with E-state index < -0.39 is 11.9 Å². The van der Waals surface area contributed by atoms with E-state index in [4.69, 9.17) is 9.84 Å². The molecule has 0 spiro atoms. The second-order valence-corrected chi connectivity index (χ2v) is 4.23. The van der Waals surface area contributed by atoms with Crippen molar-refractivity contribution >= 4 is 11.9 Å². The van der Waals surface area contributed by atoms with E-state index in [-0.39, 0.29) is 17.4 Å². The van der Waals surface area contributed by atoms with Crippen molar-refractivity contribution in [3.8, 4) is 0 Å². The molecule has 0 atom stereocenters. The van der Waals surface area contributed by atoms with Gasteiger partial charge in [0.1, 0.15) is 5.69 Å². The molecule has 0 aliphatic heterocycles. The first-order chi connectivity index (χ1) is 9.02. The molecule has 0 saturated heterocycles. The molecule has 0 fully saturated rings. The van der Waals surface area contributed by atoms with Crippen molar-refractivity contribution in [2.75, 3.05) is 13.2 Å². The predicted octanol–water partition coefficient (Wildman–Crippen LogP) is 1.32. The maximum atomic E-state index is 11.8. The SMILES string of the molecule is CC(C)OCCCNC(=O)c1ncccc1C(=O)O. The van der Waals surface area contributed by atoms with Crippen LogP contribution in [0.4, 0.5) is 0 Å². The summed E-state index contributed by atoms with van der Waals surface area (Å²) in [7, 11) is 0. The van der Waals surface area contributed by atoms with E-state index in [1.54, 1.807) is 0 Å². The number of nitrogens with zero attached hydrogens (tertiary/aromatic N) is 1. The molecule has 0 unspecified atom stereocenters. The number of amides is 1. The van der Waals surface area contributed by atoms with E-state index in [0.29, 0.717) is 19.6 Å². The van der Waals surface area contributed by atoms with Crippen LogP contribution in [0.1, 0.15) is 41.1 Å². The van der Waals surface area contributed by atoms with Crippen LogP contribution in [-0.4, -0.2) is 41.2 Å². The van der Waals surface area contributed by atoms with Gasteiger partial charge in [0.2, 0.25) is 0 Å². The topological polar surface area (TPSA) is 88.5 Å². The fourth-order valence-corrected chi connectivity index (χ4v) is 1.44. The first kappa shape index (κ1) is 15.1. The molecule has 1 aromatic heterocycles. The summed E-state index contributed by atoms with van der Waals surface area (Å²) in [6.45, 7) is 4.84. The highest BCUT2D eigenvalue weighted by Gasteiger charge is 2.16. The molecule has 1 amide bonds. The van der Waals surface area contributed by atoms with Crippen molar-refractivity contribution in [3.63, 3.8) is 0 Å². The molecule has 0 bridgehead atoms. The lowest BCUT2D eigenvalue weighted by Gasteiger charge is -2.08. The highest BCUT2D eigenvalue weighted by Crippen LogP contribution is 2.05. The summed E-state index contributed by atoms with van der Waals surface area (Å²) < 4.78 is 5.33. The molecular formula is C13H18N2O4. The second-order valence-electron chi connectivity index (χ2n) is 4.23. The van der Waals surface area contributed by atoms with Gasteiger partial charge in [0.25, 0.3) is 5.91 Å². The average molecular weight is 266 g/mol. The summed E-state index contributed by atoms with van der Waals surface area (Å²) in [4.78, 5) is 26.5. The molecule has 6 heteroatoms. The van der Waals surface area contributed by atoms with E-state index in [9.17, 15) is 9.59 Å². The van der Waals surface area contributed by atoms with Crippen LogP contribution in [-0.2, 0) is 4.74 Å². The predicted molar refractivity (Wildman–Crippen MR) is 69.2 cm³/mol. The van der Waals surface area contributed by atoms with Crippen LogP contribution < -0.4 is 5.32 Å². The first-order valence-electron chi connectivity index (χ1n) is 6.10. The van der Waals surface area contributed by atoms with Gasteiger partial charge in [0.05, 0.1) is 11.7 Å². The normalized spacial score (nSPS) is 10.5. The Morgan fingerprint density at radius 1 is 1.47 bits per heavy atom. The first-order valence-corrected chi connectivity index (χ1v) is 6.10. The highest BCUT2D eigenvalue weighted by atomic mass is 16.5. The van der Waals surface area contributed by atoms with E-state index in [0.717, 1.165) is 0 Å². The van der Waals surface area contributed by atoms with Crippen LogP contribution in [0.5, 0.6) is 0 Å². The fourth-order valence-electron chi connectivity index (χ4n) is 1.44. The van der Waals surface area contributed by atoms with Crippen LogP contribution in [0.15, 0.2) is 18.3 Å². The molecular weight excluding hydrogens is 248 g/mol. The lowest BCUT2D eigenvalue weighted by molar-refractivity contribution is 0.0686. The molecule has 0 aliphatic rings. The molecule has 0 radical (unpaired) electrons. The minimum absolute atomic E-state index is 0.0697. The molecule has 6 nitrogen and oxygen atoms in total. The minimum Gasteiger partial charge on any atom is -0.478 e. The maximum absolute atomic E-state index is 11.8. The third-order valence-corrected chi connectivity index (χ3v) is 2.31. The number of aromatic nitrogens is 1. The second kappa shape index (κ2) is 7.48. The zero-order valence-corrected chi connectivity index (χ0v) is 11.0. The number of rotatable bonds is 7. The summed E-state index contributed by atoms with van der Waals surface area (Å²) in [6.07, 6.45) is 2.22. The Bertz CT molecular complexity index is 446. The number of carboxylic acids is 1. The van der Waals surface area contributed by atoms with Gasteiger partial charge in [0.15, 0.2) is 0 Å². The van der Waals surface area contributed by atoms with Gasteiger partial charge >= 0.3 is 5.97 Å². The van der Waals surface area contributed by atoms with E-state index in [1.807, 2.05) is 13.8 Å². The van der Waals surface area contributed by atoms with Gasteiger partial charge in [-0.15, -0.1) is 0 Å². The minimum atomic E-state index is -1.17. The Morgan fingerprint density at radius 2 is 2.21 bits per heavy atom. The van der Waals surface area contributed by atoms with Gasteiger partial charge in [-0.05, 0) is 32.4 Å². The zero-order chi connectivity index (χ0) is 14.3. The average Bonchev–Trinajstić information content (AvgIpc) is 2.37. The smallest absolute Gasteiger partial charge is 0.338 e. The monoisotopic (exact) mass is 266 g/mol. The quantitative estimate of drug-likeness (QED) is 0.727. The molecule has 1 heterocycles. The molecule has 2 N–H and O–H groups in total. The number of ether oxygens (including phenoxy) is 1. The van der Waals surface area contributed by atoms with Gasteiger partial charge < -0.3 is 15.2 Å². The number of hydrogen-bond donors (Lipinski definition) is 2. The number of pyridine rings is 1. The van der Waals surface area contributed by atoms with Crippen molar-refractivity contribution in [2.24, 2.45) is 0 Å². The standard InChI is InChI=1S/C13H18N2O4/c1-9(2)19-8-4-7-15-12(16)11-10(13(17)18)5-3-6-14-11/h3,5-6,9H,4,7-8H2,1-2H3,(H,15,16)(H,17,18). The highest BCUT2D eigenvalue weighted by molar-refractivity contribution is 6.03. The van der Waals surface area contributed by atoms with Crippen molar-refractivity contribution in [3.05, 3.63) is 29.6 Å². The molecule has 0 saturated carbocycles. The van der Waals surface area contributed by atoms with E-state index >= 15 is 0 Å². The van der Waals surface area contributed by atoms with Gasteiger partial charge in [-0.25, -0.2) is 4.79 Å². The van der Waals surface area contributed by atoms with Gasteiger partial charge in [-0.1, -0.05) is 0 Å². The maximum Gasteiger partial charge on any atom is 0.338 e. The Hall–Kier alpha value is -1.95. The van der Waals surface area contributed by atoms with Gasteiger partial charge in [0, 0.05) is 19.3 Å². The number of carbonyl (C=O) groups excluding carboxylic acids is 1. The fraction of sp³-hybridized carbons (Fsp3) is 0.462. The van der Waals surface area contributed by atoms with Crippen LogP contribution in [0, 0.1) is 0 Å². The Labute approximate surface area is 111 Å². The summed E-state index contributed by atoms with van der Waals surface area (Å²) >= 11 is 0. The number of aromatic carboxylic acids is 1. The summed E-state index contributed by atoms with van der Waals surface area (Å²) in [6, 6.07) is 2.84. The van der Waals surface area contributed by atoms with Crippen molar-refractivity contribution in [1.82, 2.24) is 10.3 Å². The Morgan fingerprint density at radius 3 is 2.84 bits per heavy atom. The molecule has 104 valence electrons. The molecule has 19 heavy (non-hydrogen) atoms. The van der Waals surface area contributed by atoms with Crippen molar-refractivity contribution in [1.29, 1.82) is 0 Å². The third-order valence-electron chi connectivity index (χ3n) is 2.31. The third kappa shape index (κ3) is 5.05. The lowest BCUT2D eigenvalue weighted by atomic mass is 10.2. The summed E-state index contributed by atoms with van der Waals surface area (Å²) in [5.41, 5.74) is -0.168. The summed E-state index contributed by atoms with van der Waals surface area (Å²) in [5, 5.41) is 11.6. The lowest BCUT2D eigenvalue weighted by Crippen LogP contribution is -2.28. The summed E-state index contributed by atoms with van der Waals surface area (Å²) in [5.74, 6) is -1.65. The number of hydrogen-bond acceptors (Lipinski definition) is 4. The van der Waals surface area contributed by atoms with E-state index in [2.05, 4.69) is 10.3 Å². The van der Waals surface area contributed by atoms with Crippen molar-refractivity contribution in [2.45, 2.75) is 26.4 Å². The van der Waals surface area contributed by atoms with Crippen LogP contribution in [0.25, 0.3) is 0 Å². The Balaban J connectivity index is 2.48. The van der Waals surface area contributed by atoms with Crippen LogP contribution in [0.2, 0.25) is 0 Å². The van der Waals surface area contributed by atoms with Crippen LogP contribution in [0.3, 0.4) is 0 Å². The molecule has 0 aliphatic carbocycles. The zero-order valence-electron chi connectivity index (χ0n) is 11.0. The largest absolute Gasteiger partial charge is 0.478 e. The van der Waals surface area contributed by atoms with Gasteiger partial charge in [-0.3, -0.25) is 9.78 Å². The van der Waals surface area contributed by atoms with E-state index in [1.165, 1.54) is 18.3 Å². The van der Waals surface area contributed by atoms with Gasteiger partial charge in [-0.2, -0.15) is 0 Å².